The van der Waals surface area contributed by atoms with Crippen LogP contribution in [0.1, 0.15) is 42.5 Å². The Kier molecular flexibility index (Phi) is 7.01. The number of Topliss-reactive ketones (excluding diaryl/α,β-unsaturated/α-hetero) is 1. The van der Waals surface area contributed by atoms with Crippen LogP contribution in [-0.2, 0) is 16.1 Å². The van der Waals surface area contributed by atoms with Crippen molar-refractivity contribution in [2.75, 3.05) is 6.61 Å². The van der Waals surface area contributed by atoms with Gasteiger partial charge in [0.15, 0.2) is 0 Å². The number of nitrogens with zero attached hydrogens (tertiary/aromatic N) is 2. The molecule has 1 fully saturated rings. The van der Waals surface area contributed by atoms with Crippen LogP contribution in [-0.4, -0.2) is 33.3 Å². The topological polar surface area (TPSA) is 79.7 Å². The first-order valence-electron chi connectivity index (χ1n) is 11.2. The number of benzene rings is 2. The van der Waals surface area contributed by atoms with Crippen molar-refractivity contribution in [3.8, 4) is 5.75 Å². The van der Waals surface area contributed by atoms with Crippen molar-refractivity contribution in [3.63, 3.8) is 0 Å². The third-order valence-electron chi connectivity index (χ3n) is 5.70. The van der Waals surface area contributed by atoms with Crippen LogP contribution in [0.2, 0.25) is 0 Å². The number of ether oxygens (including phenoxy) is 1. The quantitative estimate of drug-likeness (QED) is 0.221. The molecule has 1 amide bonds. The Morgan fingerprint density at radius 2 is 1.82 bits per heavy atom. The van der Waals surface area contributed by atoms with Gasteiger partial charge in [-0.1, -0.05) is 25.5 Å². The van der Waals surface area contributed by atoms with Gasteiger partial charge in [0, 0.05) is 24.5 Å². The van der Waals surface area contributed by atoms with E-state index in [-0.39, 0.29) is 23.4 Å². The van der Waals surface area contributed by atoms with E-state index in [0.717, 1.165) is 18.4 Å². The number of likely N-dealkylation sites (tertiary alicyclic amines) is 1. The fraction of sp³-hybridized carbons (Fsp3) is 0.222. The third-order valence-corrected chi connectivity index (χ3v) is 5.70. The largest absolute Gasteiger partial charge is 0.507 e. The predicted octanol–water partition coefficient (Wildman–Crippen LogP) is 5.02. The van der Waals surface area contributed by atoms with Crippen LogP contribution < -0.4 is 4.74 Å². The molecule has 0 spiro atoms. The molecule has 2 heterocycles. The molecule has 3 aromatic rings. The highest BCUT2D eigenvalue weighted by atomic mass is 19.1. The minimum absolute atomic E-state index is 0.0450. The summed E-state index contributed by atoms with van der Waals surface area (Å²) in [6.45, 7) is 2.77. The average molecular weight is 461 g/mol. The zero-order valence-corrected chi connectivity index (χ0v) is 18.8. The molecule has 7 heteroatoms. The number of carbonyl (C=O) groups excluding carboxylic acids is 2. The number of aliphatic hydroxyl groups excluding tert-OH is 1. The van der Waals surface area contributed by atoms with Crippen molar-refractivity contribution in [1.82, 2.24) is 9.88 Å². The number of rotatable bonds is 8. The van der Waals surface area contributed by atoms with E-state index < -0.39 is 23.5 Å². The van der Waals surface area contributed by atoms with Crippen LogP contribution in [0.25, 0.3) is 5.76 Å². The molecule has 1 aromatic heterocycles. The lowest BCUT2D eigenvalue weighted by atomic mass is 9.95. The number of ketones is 1. The highest BCUT2D eigenvalue weighted by molar-refractivity contribution is 6.46. The van der Waals surface area contributed by atoms with Crippen LogP contribution in [0.3, 0.4) is 0 Å². The fourth-order valence-corrected chi connectivity index (χ4v) is 3.95. The van der Waals surface area contributed by atoms with E-state index in [1.54, 1.807) is 42.7 Å². The molecular formula is C27H25FN2O4. The Morgan fingerprint density at radius 1 is 1.09 bits per heavy atom. The number of carbonyl (C=O) groups is 2. The maximum atomic E-state index is 13.4. The van der Waals surface area contributed by atoms with Gasteiger partial charge < -0.3 is 14.7 Å². The van der Waals surface area contributed by atoms with Gasteiger partial charge in [0.05, 0.1) is 18.2 Å². The van der Waals surface area contributed by atoms with Crippen LogP contribution >= 0.6 is 0 Å². The molecule has 174 valence electrons. The van der Waals surface area contributed by atoms with Gasteiger partial charge in [0.2, 0.25) is 0 Å². The van der Waals surface area contributed by atoms with E-state index in [4.69, 9.17) is 4.74 Å². The van der Waals surface area contributed by atoms with Crippen molar-refractivity contribution in [2.24, 2.45) is 0 Å². The smallest absolute Gasteiger partial charge is 0.295 e. The Labute approximate surface area is 197 Å². The Bertz CT molecular complexity index is 1210. The number of aromatic nitrogens is 1. The zero-order valence-electron chi connectivity index (χ0n) is 18.8. The second-order valence-electron chi connectivity index (χ2n) is 8.06. The van der Waals surface area contributed by atoms with Crippen LogP contribution in [0.4, 0.5) is 4.39 Å². The summed E-state index contributed by atoms with van der Waals surface area (Å²) >= 11 is 0. The number of amides is 1. The molecule has 0 aliphatic carbocycles. The molecule has 34 heavy (non-hydrogen) atoms. The third kappa shape index (κ3) is 4.83. The average Bonchev–Trinajstić information content (AvgIpc) is 3.10. The summed E-state index contributed by atoms with van der Waals surface area (Å²) in [6.07, 6.45) is 5.11. The normalized spacial score (nSPS) is 17.2. The Morgan fingerprint density at radius 3 is 2.53 bits per heavy atom. The SMILES string of the molecule is CCCCOc1cccc(C2/C(=C(\O)c3ccc(F)cc3)C(=O)C(=O)N2Cc2ccncc2)c1. The molecule has 0 bridgehead atoms. The summed E-state index contributed by atoms with van der Waals surface area (Å²) in [5.41, 5.74) is 1.63. The number of unbranched alkanes of at least 4 members (excludes halogenated alkanes) is 1. The van der Waals surface area contributed by atoms with Crippen molar-refractivity contribution >= 4 is 17.4 Å². The second-order valence-corrected chi connectivity index (χ2v) is 8.06. The van der Waals surface area contributed by atoms with Gasteiger partial charge in [-0.05, 0) is 66.1 Å². The van der Waals surface area contributed by atoms with E-state index in [9.17, 15) is 19.1 Å². The Hall–Kier alpha value is -4.00. The van der Waals surface area contributed by atoms with Gasteiger partial charge in [-0.3, -0.25) is 14.6 Å². The lowest BCUT2D eigenvalue weighted by Gasteiger charge is -2.25. The summed E-state index contributed by atoms with van der Waals surface area (Å²) < 4.78 is 19.3. The van der Waals surface area contributed by atoms with Gasteiger partial charge >= 0.3 is 0 Å². The molecule has 4 rings (SSSR count). The highest BCUT2D eigenvalue weighted by Gasteiger charge is 2.46. The van der Waals surface area contributed by atoms with E-state index >= 15 is 0 Å². The van der Waals surface area contributed by atoms with E-state index in [1.165, 1.54) is 29.2 Å². The molecule has 1 N–H and O–H groups in total. The van der Waals surface area contributed by atoms with Gasteiger partial charge in [0.1, 0.15) is 17.3 Å². The van der Waals surface area contributed by atoms with Crippen LogP contribution in [0.15, 0.2) is 78.6 Å². The minimum Gasteiger partial charge on any atom is -0.507 e. The van der Waals surface area contributed by atoms with Gasteiger partial charge in [-0.25, -0.2) is 4.39 Å². The standard InChI is InChI=1S/C27H25FN2O4/c1-2-3-15-34-22-6-4-5-20(16-22)24-23(25(31)19-7-9-21(28)10-8-19)26(32)27(33)30(24)17-18-11-13-29-14-12-18/h4-14,16,24,31H,2-3,15,17H2,1H3/b25-23+. The lowest BCUT2D eigenvalue weighted by molar-refractivity contribution is -0.140. The maximum Gasteiger partial charge on any atom is 0.295 e. The monoisotopic (exact) mass is 460 g/mol. The fourth-order valence-electron chi connectivity index (χ4n) is 3.95. The summed E-state index contributed by atoms with van der Waals surface area (Å²) in [4.78, 5) is 31.7. The molecule has 0 saturated carbocycles. The predicted molar refractivity (Wildman–Crippen MR) is 125 cm³/mol. The van der Waals surface area contributed by atoms with Crippen molar-refractivity contribution in [2.45, 2.75) is 32.4 Å². The molecule has 1 unspecified atom stereocenters. The van der Waals surface area contributed by atoms with Gasteiger partial charge in [-0.15, -0.1) is 0 Å². The first-order chi connectivity index (χ1) is 16.5. The summed E-state index contributed by atoms with van der Waals surface area (Å²) in [5.74, 6) is -1.72. The first-order valence-corrected chi connectivity index (χ1v) is 11.2. The summed E-state index contributed by atoms with van der Waals surface area (Å²) in [5, 5.41) is 11.1. The number of hydrogen-bond acceptors (Lipinski definition) is 5. The molecule has 1 atom stereocenters. The lowest BCUT2D eigenvalue weighted by Crippen LogP contribution is -2.29. The molecule has 0 radical (unpaired) electrons. The first kappa shape index (κ1) is 23.2. The van der Waals surface area contributed by atoms with Crippen molar-refractivity contribution in [1.29, 1.82) is 0 Å². The molecule has 1 aliphatic rings. The van der Waals surface area contributed by atoms with E-state index in [0.29, 0.717) is 17.9 Å². The number of aliphatic hydroxyl groups is 1. The molecule has 1 aliphatic heterocycles. The summed E-state index contributed by atoms with van der Waals surface area (Å²) in [7, 11) is 0. The van der Waals surface area contributed by atoms with Gasteiger partial charge in [0.25, 0.3) is 11.7 Å². The van der Waals surface area contributed by atoms with Crippen LogP contribution in [0, 0.1) is 5.82 Å². The van der Waals surface area contributed by atoms with E-state index in [2.05, 4.69) is 11.9 Å². The van der Waals surface area contributed by atoms with Crippen LogP contribution in [0.5, 0.6) is 5.75 Å². The molecule has 6 nitrogen and oxygen atoms in total. The maximum absolute atomic E-state index is 13.4. The molecule has 1 saturated heterocycles. The number of halogens is 1. The second kappa shape index (κ2) is 10.3. The van der Waals surface area contributed by atoms with Crippen molar-refractivity contribution < 1.29 is 23.8 Å². The molecule has 2 aromatic carbocycles. The Balaban J connectivity index is 1.80. The highest BCUT2D eigenvalue weighted by Crippen LogP contribution is 2.41. The minimum atomic E-state index is -0.840. The van der Waals surface area contributed by atoms with Crippen molar-refractivity contribution in [3.05, 3.63) is 101 Å². The number of hydrogen-bond donors (Lipinski definition) is 1. The number of pyridine rings is 1. The molecular weight excluding hydrogens is 435 g/mol. The van der Waals surface area contributed by atoms with E-state index in [1.807, 2.05) is 6.07 Å². The summed E-state index contributed by atoms with van der Waals surface area (Å²) in [6, 6.07) is 15.0. The zero-order chi connectivity index (χ0) is 24.1. The van der Waals surface area contributed by atoms with Gasteiger partial charge in [-0.2, -0.15) is 0 Å².